The van der Waals surface area contributed by atoms with Crippen molar-refractivity contribution in [2.24, 2.45) is 0 Å². The third-order valence-electron chi connectivity index (χ3n) is 0. The van der Waals surface area contributed by atoms with Crippen LogP contribution in [0.1, 0.15) is 0 Å². The van der Waals surface area contributed by atoms with Crippen molar-refractivity contribution >= 4 is 0 Å². The van der Waals surface area contributed by atoms with Crippen molar-refractivity contribution in [2.45, 2.75) is 0 Å². The van der Waals surface area contributed by atoms with Crippen molar-refractivity contribution in [1.82, 2.24) is 0 Å². The molecule has 0 aliphatic heterocycles. The van der Waals surface area contributed by atoms with E-state index < -0.39 is 0 Å². The minimum absolute atomic E-state index is 0. The third-order valence-corrected chi connectivity index (χ3v) is 0. The zero-order chi connectivity index (χ0) is 0. The van der Waals surface area contributed by atoms with Crippen molar-refractivity contribution < 1.29 is 110 Å². The molecule has 0 bridgehead atoms. The maximum absolute atomic E-state index is 0. The van der Waals surface area contributed by atoms with E-state index in [9.17, 15) is 0 Å². The van der Waals surface area contributed by atoms with E-state index in [1.165, 1.54) is 0 Å². The van der Waals surface area contributed by atoms with Crippen LogP contribution in [0.15, 0.2) is 0 Å². The molecule has 6 nitrogen and oxygen atoms in total. The summed E-state index contributed by atoms with van der Waals surface area (Å²) in [6.45, 7) is 0. The van der Waals surface area contributed by atoms with E-state index >= 15 is 0 Å². The topological polar surface area (TPSA) is 180 Å². The van der Waals surface area contributed by atoms with E-state index in [1.54, 1.807) is 0 Å². The van der Waals surface area contributed by atoms with Crippen molar-refractivity contribution in [1.29, 1.82) is 0 Å². The molecule has 6 N–H and O–H groups in total. The van der Waals surface area contributed by atoms with E-state index in [0.717, 1.165) is 0 Å². The van der Waals surface area contributed by atoms with Gasteiger partial charge in [0.1, 0.15) is 0 Å². The molecule has 0 aromatic carbocycles. The molecule has 49 valence electrons. The molecular weight excluding hydrogens is 375 g/mol. The van der Waals surface area contributed by atoms with Gasteiger partial charge in [0.05, 0.1) is 0 Å². The molecule has 8 heavy (non-hydrogen) atoms. The van der Waals surface area contributed by atoms with Gasteiger partial charge in [-0.3, -0.25) is 0 Å². The Morgan fingerprint density at radius 1 is 0.375 bits per heavy atom. The maximum Gasteiger partial charge on any atom is 3.00 e. The smallest absolute Gasteiger partial charge is 0.870 e. The van der Waals surface area contributed by atoms with Gasteiger partial charge in [-0.25, -0.2) is 0 Å². The Hall–Kier alpha value is 2.33. The van der Waals surface area contributed by atoms with Crippen LogP contribution in [0, 0.1) is 77.3 Å². The summed E-state index contributed by atoms with van der Waals surface area (Å²) < 4.78 is 0. The molecule has 0 heterocycles. The number of hydrogen-bond donors (Lipinski definition) is 0. The minimum atomic E-state index is 0. The van der Waals surface area contributed by atoms with Crippen LogP contribution < -0.4 is 0 Å². The first-order chi connectivity index (χ1) is 0. The van der Waals surface area contributed by atoms with Gasteiger partial charge in [-0.2, -0.15) is 0 Å². The zero-order valence-electron chi connectivity index (χ0n) is 3.76. The molecule has 0 rings (SSSR count). The van der Waals surface area contributed by atoms with E-state index in [4.69, 9.17) is 0 Å². The molecule has 0 saturated heterocycles. The summed E-state index contributed by atoms with van der Waals surface area (Å²) in [5.74, 6) is 0. The molecule has 0 amide bonds. The SMILES string of the molecule is [Ce+3].[La+3].[OH-].[OH-].[OH-].[OH-].[OH-].[OH-]. The van der Waals surface area contributed by atoms with Gasteiger partial charge in [0, 0.05) is 0 Å². The van der Waals surface area contributed by atoms with Crippen LogP contribution in [0.4, 0.5) is 0 Å². The summed E-state index contributed by atoms with van der Waals surface area (Å²) in [6, 6.07) is 0. The van der Waals surface area contributed by atoms with Gasteiger partial charge >= 0.3 is 77.3 Å². The molecule has 0 aromatic rings. The van der Waals surface area contributed by atoms with Crippen molar-refractivity contribution in [3.05, 3.63) is 0 Å². The monoisotopic (exact) mass is 381 g/mol. The Bertz CT molecular complexity index is 8.49. The summed E-state index contributed by atoms with van der Waals surface area (Å²) in [5.41, 5.74) is 0. The van der Waals surface area contributed by atoms with Crippen LogP contribution >= 0.6 is 0 Å². The van der Waals surface area contributed by atoms with Crippen molar-refractivity contribution in [3.63, 3.8) is 0 Å². The van der Waals surface area contributed by atoms with Gasteiger partial charge in [-0.05, 0) is 0 Å². The fourth-order valence-electron chi connectivity index (χ4n) is 0. The Morgan fingerprint density at radius 3 is 0.375 bits per heavy atom. The summed E-state index contributed by atoms with van der Waals surface area (Å²) in [7, 11) is 0. The van der Waals surface area contributed by atoms with E-state index in [2.05, 4.69) is 0 Å². The van der Waals surface area contributed by atoms with Gasteiger partial charge in [-0.1, -0.05) is 0 Å². The molecule has 0 aliphatic carbocycles. The second-order valence-corrected chi connectivity index (χ2v) is 0. The van der Waals surface area contributed by atoms with Crippen LogP contribution in [0.3, 0.4) is 0 Å². The summed E-state index contributed by atoms with van der Waals surface area (Å²) in [6.07, 6.45) is 0. The first-order valence-corrected chi connectivity index (χ1v) is 0. The zero-order valence-corrected chi connectivity index (χ0v) is 10.5. The maximum atomic E-state index is 0. The van der Waals surface area contributed by atoms with E-state index in [-0.39, 0.29) is 110 Å². The fourth-order valence-corrected chi connectivity index (χ4v) is 0. The molecule has 0 saturated carbocycles. The molecule has 8 heteroatoms. The quantitative estimate of drug-likeness (QED) is 0.515. The molecule has 0 spiro atoms. The standard InChI is InChI=1S/Ce.La.6H2O/h;;6*1H2/q2*+3;;;;;;/p-6. The summed E-state index contributed by atoms with van der Waals surface area (Å²) >= 11 is 0. The van der Waals surface area contributed by atoms with Gasteiger partial charge in [0.2, 0.25) is 0 Å². The second-order valence-electron chi connectivity index (χ2n) is 0. The van der Waals surface area contributed by atoms with Crippen LogP contribution in [-0.4, -0.2) is 32.9 Å². The molecule has 1 radical (unpaired) electrons. The average Bonchev–Trinajstić information content (AvgIpc) is 0. The van der Waals surface area contributed by atoms with Gasteiger partial charge < -0.3 is 32.9 Å². The summed E-state index contributed by atoms with van der Waals surface area (Å²) in [4.78, 5) is 0. The number of hydrogen-bond acceptors (Lipinski definition) is 6. The summed E-state index contributed by atoms with van der Waals surface area (Å²) in [5, 5.41) is 0. The van der Waals surface area contributed by atoms with Gasteiger partial charge in [0.25, 0.3) is 0 Å². The Morgan fingerprint density at radius 2 is 0.375 bits per heavy atom. The Balaban J connectivity index is 0. The van der Waals surface area contributed by atoms with Crippen LogP contribution in [0.2, 0.25) is 0 Å². The average molecular weight is 381 g/mol. The predicted octanol–water partition coefficient (Wildman–Crippen LogP) is -1.06. The number of rotatable bonds is 0. The van der Waals surface area contributed by atoms with Gasteiger partial charge in [0.15, 0.2) is 0 Å². The molecule has 0 atom stereocenters. The minimum Gasteiger partial charge on any atom is -0.870 e. The normalized spacial score (nSPS) is 0. The molecule has 0 aliphatic rings. The van der Waals surface area contributed by atoms with Crippen LogP contribution in [0.5, 0.6) is 0 Å². The van der Waals surface area contributed by atoms with E-state index in [0.29, 0.717) is 0 Å². The van der Waals surface area contributed by atoms with Gasteiger partial charge in [-0.15, -0.1) is 0 Å². The van der Waals surface area contributed by atoms with Crippen molar-refractivity contribution in [3.8, 4) is 0 Å². The molecular formula is H6CeLaO6. The van der Waals surface area contributed by atoms with Crippen molar-refractivity contribution in [2.75, 3.05) is 0 Å². The fraction of sp³-hybridized carbons (Fsp3) is 0. The predicted molar refractivity (Wildman–Crippen MR) is 11.6 cm³/mol. The Labute approximate surface area is 108 Å². The molecule has 0 aromatic heterocycles. The second kappa shape index (κ2) is 119. The van der Waals surface area contributed by atoms with Crippen LogP contribution in [0.25, 0.3) is 0 Å². The largest absolute Gasteiger partial charge is 3.00 e. The molecule has 0 unspecified atom stereocenters. The third kappa shape index (κ3) is 82.4. The molecule has 0 fully saturated rings. The first-order valence-electron chi connectivity index (χ1n) is 0. The van der Waals surface area contributed by atoms with Crippen LogP contribution in [-0.2, 0) is 0 Å². The van der Waals surface area contributed by atoms with E-state index in [1.807, 2.05) is 0 Å². The first kappa shape index (κ1) is 166. The Kier molecular flexibility index (Phi) is 2470.